The molecule has 268 valence electrons. The number of fused-ring (bicyclic) bond motifs is 3. The van der Waals surface area contributed by atoms with Gasteiger partial charge in [0.15, 0.2) is 46.5 Å². The molecule has 10 atom stereocenters. The van der Waals surface area contributed by atoms with Gasteiger partial charge in [0.2, 0.25) is 0 Å². The predicted octanol–water partition coefficient (Wildman–Crippen LogP) is 4.15. The van der Waals surface area contributed by atoms with E-state index in [1.54, 1.807) is 0 Å². The molecule has 2 bridgehead atoms. The van der Waals surface area contributed by atoms with Crippen molar-refractivity contribution in [3.63, 3.8) is 0 Å². The van der Waals surface area contributed by atoms with E-state index in [0.29, 0.717) is 19.3 Å². The Bertz CT molecular complexity index is 1710. The van der Waals surface area contributed by atoms with Gasteiger partial charge in [-0.2, -0.15) is 0 Å². The van der Waals surface area contributed by atoms with E-state index in [-0.39, 0.29) is 40.7 Å². The summed E-state index contributed by atoms with van der Waals surface area (Å²) in [6.45, 7) is 6.93. The van der Waals surface area contributed by atoms with Crippen molar-refractivity contribution in [2.45, 2.75) is 134 Å². The number of carbonyl (C=O) groups excluding carboxylic acids is 4. The predicted molar refractivity (Wildman–Crippen MR) is 174 cm³/mol. The van der Waals surface area contributed by atoms with Crippen LogP contribution in [-0.2, 0) is 47.7 Å². The van der Waals surface area contributed by atoms with Crippen molar-refractivity contribution in [1.82, 2.24) is 0 Å². The number of carbonyl (C=O) groups is 6. The minimum absolute atomic E-state index is 0.000511. The number of unbranched alkanes of at least 4 members (excludes halogenated alkanes) is 4. The molecule has 0 amide bonds. The number of carboxylic acid groups (broad SMARTS) is 2. The summed E-state index contributed by atoms with van der Waals surface area (Å²) in [6, 6.07) is 0. The molecule has 4 fully saturated rings. The standard InChI is InChI=1S/C38H44O12/c1-5-7-9-11-21-26-29-24-23(30(41)36(32(49-36)28(24)40)15-13-18(3)33(42)43)25(22(48-29)12-10-8-6-2)38(26)20(17-47-21)27(39)31-37(50-31,35(38)46)16-14-19(4)34(44)45/h13-14,17,21-22,25-26,29,31-32H,5-12,15-16H2,1-4H3,(H,42,43)(H,44,45)/b18-13+,19-14+/t21-,22+,25+,26+,29-,31+,32+,36-,37+,38+/m1/s1. The maximum atomic E-state index is 15.5. The smallest absolute Gasteiger partial charge is 0.330 e. The van der Waals surface area contributed by atoms with Gasteiger partial charge in [0, 0.05) is 52.5 Å². The minimum atomic E-state index is -1.64. The van der Waals surface area contributed by atoms with E-state index in [4.69, 9.17) is 18.9 Å². The van der Waals surface area contributed by atoms with Gasteiger partial charge in [-0.05, 0) is 33.1 Å². The van der Waals surface area contributed by atoms with Crippen LogP contribution in [0.25, 0.3) is 0 Å². The quantitative estimate of drug-likeness (QED) is 0.151. The van der Waals surface area contributed by atoms with E-state index in [2.05, 4.69) is 13.8 Å². The van der Waals surface area contributed by atoms with E-state index in [1.807, 2.05) is 0 Å². The Morgan fingerprint density at radius 2 is 1.34 bits per heavy atom. The summed E-state index contributed by atoms with van der Waals surface area (Å²) >= 11 is 0. The molecule has 0 unspecified atom stereocenters. The van der Waals surface area contributed by atoms with Crippen LogP contribution in [0.3, 0.4) is 0 Å². The van der Waals surface area contributed by atoms with E-state index in [0.717, 1.165) is 32.1 Å². The molecule has 0 aromatic carbocycles. The normalized spacial score (nSPS) is 39.5. The molecule has 8 aliphatic rings. The molecule has 0 radical (unpaired) electrons. The molecule has 3 saturated heterocycles. The molecule has 3 aliphatic carbocycles. The maximum Gasteiger partial charge on any atom is 0.330 e. The average Bonchev–Trinajstić information content (AvgIpc) is 4.02. The Hall–Kier alpha value is -3.74. The van der Waals surface area contributed by atoms with Gasteiger partial charge >= 0.3 is 11.9 Å². The summed E-state index contributed by atoms with van der Waals surface area (Å²) in [7, 11) is 0. The van der Waals surface area contributed by atoms with E-state index in [9.17, 15) is 34.2 Å². The van der Waals surface area contributed by atoms with Crippen molar-refractivity contribution in [1.29, 1.82) is 0 Å². The van der Waals surface area contributed by atoms with Crippen molar-refractivity contribution in [2.75, 3.05) is 0 Å². The van der Waals surface area contributed by atoms with Crippen LogP contribution in [0.4, 0.5) is 0 Å². The molecule has 1 saturated carbocycles. The van der Waals surface area contributed by atoms with Crippen LogP contribution >= 0.6 is 0 Å². The topological polar surface area (TPSA) is 186 Å². The molecule has 12 heteroatoms. The number of ketones is 4. The Kier molecular flexibility index (Phi) is 8.46. The van der Waals surface area contributed by atoms with Gasteiger partial charge in [-0.1, -0.05) is 58.1 Å². The molecular weight excluding hydrogens is 648 g/mol. The minimum Gasteiger partial charge on any atom is -0.497 e. The van der Waals surface area contributed by atoms with Crippen molar-refractivity contribution in [3.05, 3.63) is 46.3 Å². The monoisotopic (exact) mass is 692 g/mol. The van der Waals surface area contributed by atoms with Crippen LogP contribution in [0.5, 0.6) is 0 Å². The summed E-state index contributed by atoms with van der Waals surface area (Å²) < 4.78 is 25.1. The van der Waals surface area contributed by atoms with E-state index in [1.165, 1.54) is 32.3 Å². The molecule has 5 heterocycles. The molecule has 0 aromatic heterocycles. The summed E-state index contributed by atoms with van der Waals surface area (Å²) in [5.74, 6) is -5.97. The van der Waals surface area contributed by atoms with Gasteiger partial charge in [-0.25, -0.2) is 9.59 Å². The van der Waals surface area contributed by atoms with Crippen LogP contribution in [0.1, 0.15) is 91.9 Å². The van der Waals surface area contributed by atoms with Gasteiger partial charge in [0.05, 0.1) is 23.9 Å². The largest absolute Gasteiger partial charge is 0.497 e. The fourth-order valence-electron chi connectivity index (χ4n) is 9.50. The lowest BCUT2D eigenvalue weighted by Gasteiger charge is -2.63. The molecule has 2 N–H and O–H groups in total. The molecule has 0 aromatic rings. The number of aliphatic carboxylic acids is 2. The third-order valence-electron chi connectivity index (χ3n) is 12.2. The lowest BCUT2D eigenvalue weighted by Crippen LogP contribution is -2.74. The third-order valence-corrected chi connectivity index (χ3v) is 12.2. The summed E-state index contributed by atoms with van der Waals surface area (Å²) in [5.41, 5.74) is -4.49. The highest BCUT2D eigenvalue weighted by Crippen LogP contribution is 2.71. The second kappa shape index (κ2) is 12.2. The molecule has 8 rings (SSSR count). The lowest BCUT2D eigenvalue weighted by molar-refractivity contribution is -0.212. The van der Waals surface area contributed by atoms with Crippen LogP contribution < -0.4 is 0 Å². The van der Waals surface area contributed by atoms with Crippen LogP contribution in [0.15, 0.2) is 46.3 Å². The average molecular weight is 693 g/mol. The fourth-order valence-corrected chi connectivity index (χ4v) is 9.50. The van der Waals surface area contributed by atoms with Crippen LogP contribution in [0, 0.1) is 17.3 Å². The fraction of sp³-hybridized carbons (Fsp3) is 0.632. The van der Waals surface area contributed by atoms with Crippen molar-refractivity contribution in [2.24, 2.45) is 17.3 Å². The second-order valence-electron chi connectivity index (χ2n) is 14.9. The molecule has 5 aliphatic heterocycles. The first kappa shape index (κ1) is 34.7. The SMILES string of the molecule is CCCCC[C@@H]1O[C@@H]2C3=C(C(=O)[C@@]4(C/C=C(\C)C(=O)O)O[C@H]4C3=O)[C@H]1[C@@]13C(=O)[C@@]4(C/C=C(\C)C(=O)O)O[C@H]4C(=O)C1=CO[C@H](CCCCC)[C@@H]23. The van der Waals surface area contributed by atoms with Gasteiger partial charge in [-0.15, -0.1) is 0 Å². The molecule has 1 spiro atoms. The number of Topliss-reactive ketones (excluding diaryl/α,β-unsaturated/α-hetero) is 4. The Morgan fingerprint density at radius 1 is 0.780 bits per heavy atom. The zero-order valence-electron chi connectivity index (χ0n) is 28.8. The Morgan fingerprint density at radius 3 is 1.94 bits per heavy atom. The first-order chi connectivity index (χ1) is 23.8. The van der Waals surface area contributed by atoms with Crippen molar-refractivity contribution >= 4 is 35.1 Å². The zero-order chi connectivity index (χ0) is 35.9. The van der Waals surface area contributed by atoms with Crippen LogP contribution in [-0.4, -0.2) is 87.0 Å². The van der Waals surface area contributed by atoms with Crippen molar-refractivity contribution in [3.8, 4) is 0 Å². The zero-order valence-corrected chi connectivity index (χ0v) is 28.8. The molecule has 50 heavy (non-hydrogen) atoms. The first-order valence-electron chi connectivity index (χ1n) is 17.9. The maximum absolute atomic E-state index is 15.5. The first-order valence-corrected chi connectivity index (χ1v) is 17.9. The third kappa shape index (κ3) is 4.66. The van der Waals surface area contributed by atoms with Gasteiger partial charge in [0.25, 0.3) is 0 Å². The highest BCUT2D eigenvalue weighted by Gasteiger charge is 2.85. The van der Waals surface area contributed by atoms with Crippen LogP contribution in [0.2, 0.25) is 0 Å². The summed E-state index contributed by atoms with van der Waals surface area (Å²) in [4.78, 5) is 82.5. The number of hydrogen-bond acceptors (Lipinski definition) is 10. The Labute approximate surface area is 289 Å². The van der Waals surface area contributed by atoms with Gasteiger partial charge < -0.3 is 29.2 Å². The number of carboxylic acids is 2. The summed E-state index contributed by atoms with van der Waals surface area (Å²) in [6.07, 6.45) is 5.26. The molecule has 12 nitrogen and oxygen atoms in total. The number of ether oxygens (including phenoxy) is 4. The Balaban J connectivity index is 1.42. The number of hydrogen-bond donors (Lipinski definition) is 2. The highest BCUT2D eigenvalue weighted by molar-refractivity contribution is 6.25. The van der Waals surface area contributed by atoms with Gasteiger partial charge in [-0.3, -0.25) is 19.2 Å². The highest BCUT2D eigenvalue weighted by atomic mass is 16.6. The number of rotatable bonds is 14. The second-order valence-corrected chi connectivity index (χ2v) is 14.9. The van der Waals surface area contributed by atoms with E-state index >= 15 is 4.79 Å². The number of epoxide rings is 2. The summed E-state index contributed by atoms with van der Waals surface area (Å²) in [5, 5.41) is 19.1. The van der Waals surface area contributed by atoms with Gasteiger partial charge in [0.1, 0.15) is 6.10 Å². The lowest BCUT2D eigenvalue weighted by atomic mass is 9.42. The molecular formula is C38H44O12. The van der Waals surface area contributed by atoms with E-state index < -0.39 is 94.0 Å². The van der Waals surface area contributed by atoms with Crippen molar-refractivity contribution < 1.29 is 57.9 Å².